The Labute approximate surface area is 176 Å². The number of non-ortho nitro benzene ring substituents is 1. The first-order valence-electron chi connectivity index (χ1n) is 11.4. The Morgan fingerprint density at radius 1 is 1.17 bits per heavy atom. The van der Waals surface area contributed by atoms with E-state index >= 15 is 0 Å². The summed E-state index contributed by atoms with van der Waals surface area (Å²) in [6.45, 7) is 3.25. The number of hydrogen-bond acceptors (Lipinski definition) is 7. The summed E-state index contributed by atoms with van der Waals surface area (Å²) in [6, 6.07) is 4.59. The van der Waals surface area contributed by atoms with Crippen LogP contribution in [0.25, 0.3) is 11.0 Å². The third-order valence-electron chi connectivity index (χ3n) is 8.27. The summed E-state index contributed by atoms with van der Waals surface area (Å²) >= 11 is 0. The molecule has 0 radical (unpaired) electrons. The Morgan fingerprint density at radius 3 is 2.70 bits per heavy atom. The second-order valence-corrected chi connectivity index (χ2v) is 9.78. The Morgan fingerprint density at radius 2 is 1.93 bits per heavy atom. The molecule has 1 aromatic carbocycles. The van der Waals surface area contributed by atoms with Crippen LogP contribution in [0.4, 0.5) is 11.4 Å². The van der Waals surface area contributed by atoms with Crippen molar-refractivity contribution in [1.29, 1.82) is 0 Å². The number of aromatic nitrogens is 2. The number of benzene rings is 1. The van der Waals surface area contributed by atoms with Gasteiger partial charge in [-0.2, -0.15) is 0 Å². The first-order chi connectivity index (χ1) is 14.5. The summed E-state index contributed by atoms with van der Waals surface area (Å²) in [4.78, 5) is 13.4. The van der Waals surface area contributed by atoms with E-state index in [9.17, 15) is 10.1 Å². The van der Waals surface area contributed by atoms with Gasteiger partial charge >= 0.3 is 5.69 Å². The van der Waals surface area contributed by atoms with E-state index in [1.54, 1.807) is 6.07 Å². The predicted molar refractivity (Wildman–Crippen MR) is 114 cm³/mol. The van der Waals surface area contributed by atoms with Crippen molar-refractivity contribution in [2.45, 2.75) is 64.0 Å². The monoisotopic (exact) mass is 413 g/mol. The molecule has 3 heterocycles. The van der Waals surface area contributed by atoms with Gasteiger partial charge in [-0.05, 0) is 79.2 Å². The highest BCUT2D eigenvalue weighted by Gasteiger charge is 2.47. The fourth-order valence-electron chi connectivity index (χ4n) is 6.53. The second-order valence-electron chi connectivity index (χ2n) is 9.78. The van der Waals surface area contributed by atoms with E-state index in [0.717, 1.165) is 36.0 Å². The average molecular weight is 414 g/mol. The number of anilines is 1. The summed E-state index contributed by atoms with van der Waals surface area (Å²) in [6.07, 6.45) is 9.33. The van der Waals surface area contributed by atoms with Crippen molar-refractivity contribution in [3.63, 3.8) is 0 Å². The van der Waals surface area contributed by atoms with Crippen LogP contribution in [-0.4, -0.2) is 45.8 Å². The minimum atomic E-state index is -0.439. The molecule has 1 N–H and O–H groups in total. The lowest BCUT2D eigenvalue weighted by Gasteiger charge is -2.47. The van der Waals surface area contributed by atoms with Gasteiger partial charge in [0.15, 0.2) is 5.52 Å². The molecule has 2 aliphatic heterocycles. The Bertz CT molecular complexity index is 923. The van der Waals surface area contributed by atoms with Crippen molar-refractivity contribution in [2.24, 2.45) is 23.7 Å². The highest BCUT2D eigenvalue weighted by molar-refractivity contribution is 5.93. The number of rotatable bonds is 5. The molecule has 2 bridgehead atoms. The van der Waals surface area contributed by atoms with Gasteiger partial charge in [-0.3, -0.25) is 10.1 Å². The zero-order valence-electron chi connectivity index (χ0n) is 17.8. The van der Waals surface area contributed by atoms with Crippen LogP contribution in [0.3, 0.4) is 0 Å². The zero-order chi connectivity index (χ0) is 20.8. The number of nitrogens with zero attached hydrogens (tertiary/aromatic N) is 4. The SMILES string of the molecule is CC1CCC([C@H]2C[C@H]3CCC(C2CNc2ccc([N+](=O)[O-])c4nonc24)N3C)CC1. The van der Waals surface area contributed by atoms with E-state index in [-0.39, 0.29) is 11.2 Å². The molecule has 162 valence electrons. The molecule has 4 atom stereocenters. The molecule has 1 saturated carbocycles. The Balaban J connectivity index is 1.38. The number of nitrogens with one attached hydrogen (secondary N) is 1. The molecule has 8 nitrogen and oxygen atoms in total. The molecular formula is C22H31N5O3. The fourth-order valence-corrected chi connectivity index (χ4v) is 6.53. The number of fused-ring (bicyclic) bond motifs is 3. The minimum Gasteiger partial charge on any atom is -0.383 e. The molecule has 2 unspecified atom stereocenters. The van der Waals surface area contributed by atoms with Gasteiger partial charge in [0.1, 0.15) is 0 Å². The number of nitro groups is 1. The third kappa shape index (κ3) is 3.35. The normalized spacial score (nSPS) is 34.3. The largest absolute Gasteiger partial charge is 0.383 e. The van der Waals surface area contributed by atoms with E-state index in [1.807, 2.05) is 0 Å². The standard InChI is InChI=1S/C22H31N5O3/c1-13-3-5-14(6-4-13)16-11-15-7-9-19(26(15)2)17(16)12-23-18-8-10-20(27(28)29)22-21(18)24-30-25-22/h8,10,13-17,19,23H,3-7,9,11-12H2,1-2H3/t13?,14?,15-,16-,17?,19?/m1/s1. The highest BCUT2D eigenvalue weighted by atomic mass is 16.6. The van der Waals surface area contributed by atoms with Crippen LogP contribution in [0.2, 0.25) is 0 Å². The molecule has 0 spiro atoms. The van der Waals surface area contributed by atoms with Gasteiger partial charge in [0.05, 0.1) is 10.6 Å². The van der Waals surface area contributed by atoms with Crippen LogP contribution in [0, 0.1) is 33.8 Å². The predicted octanol–water partition coefficient (Wildman–Crippen LogP) is 4.47. The molecule has 1 aromatic heterocycles. The maximum atomic E-state index is 11.3. The molecule has 1 aliphatic carbocycles. The van der Waals surface area contributed by atoms with E-state index in [0.29, 0.717) is 17.5 Å². The van der Waals surface area contributed by atoms with E-state index in [1.165, 1.54) is 51.0 Å². The minimum absolute atomic E-state index is 0.0676. The smallest absolute Gasteiger partial charge is 0.300 e. The van der Waals surface area contributed by atoms with Gasteiger partial charge in [-0.15, -0.1) is 0 Å². The van der Waals surface area contributed by atoms with Crippen LogP contribution < -0.4 is 5.32 Å². The van der Waals surface area contributed by atoms with Gasteiger partial charge in [-0.1, -0.05) is 19.8 Å². The lowest BCUT2D eigenvalue weighted by molar-refractivity contribution is -0.383. The summed E-state index contributed by atoms with van der Waals surface area (Å²) in [7, 11) is 2.29. The summed E-state index contributed by atoms with van der Waals surface area (Å²) < 4.78 is 4.83. The first-order valence-corrected chi connectivity index (χ1v) is 11.4. The van der Waals surface area contributed by atoms with Gasteiger partial charge in [0.2, 0.25) is 5.52 Å². The van der Waals surface area contributed by atoms with Crippen LogP contribution in [0.15, 0.2) is 16.8 Å². The number of nitro benzene ring substituents is 1. The van der Waals surface area contributed by atoms with Gasteiger partial charge in [0.25, 0.3) is 0 Å². The lowest BCUT2D eigenvalue weighted by Crippen LogP contribution is -2.51. The zero-order valence-corrected chi connectivity index (χ0v) is 17.8. The third-order valence-corrected chi connectivity index (χ3v) is 8.27. The maximum absolute atomic E-state index is 11.3. The molecule has 3 fully saturated rings. The topological polar surface area (TPSA) is 97.3 Å². The van der Waals surface area contributed by atoms with Crippen molar-refractivity contribution >= 4 is 22.4 Å². The van der Waals surface area contributed by atoms with Crippen LogP contribution >= 0.6 is 0 Å². The first kappa shape index (κ1) is 19.7. The van der Waals surface area contributed by atoms with Crippen LogP contribution in [-0.2, 0) is 0 Å². The van der Waals surface area contributed by atoms with Gasteiger partial charge in [-0.25, -0.2) is 4.63 Å². The molecule has 8 heteroatoms. The molecule has 5 rings (SSSR count). The second kappa shape index (κ2) is 7.80. The van der Waals surface area contributed by atoms with E-state index in [4.69, 9.17) is 4.63 Å². The highest BCUT2D eigenvalue weighted by Crippen LogP contribution is 2.48. The Kier molecular flexibility index (Phi) is 5.13. The fraction of sp³-hybridized carbons (Fsp3) is 0.727. The van der Waals surface area contributed by atoms with E-state index in [2.05, 4.69) is 34.5 Å². The van der Waals surface area contributed by atoms with Crippen LogP contribution in [0.1, 0.15) is 51.9 Å². The summed E-state index contributed by atoms with van der Waals surface area (Å²) in [5, 5.41) is 22.5. The van der Waals surface area contributed by atoms with Crippen molar-refractivity contribution in [3.05, 3.63) is 22.2 Å². The maximum Gasteiger partial charge on any atom is 0.300 e. The quantitative estimate of drug-likeness (QED) is 0.570. The van der Waals surface area contributed by atoms with Gasteiger partial charge < -0.3 is 10.2 Å². The van der Waals surface area contributed by atoms with Crippen molar-refractivity contribution in [3.8, 4) is 0 Å². The number of piperidine rings is 1. The molecule has 2 saturated heterocycles. The van der Waals surface area contributed by atoms with Gasteiger partial charge in [0, 0.05) is 24.7 Å². The Hall–Kier alpha value is -2.22. The summed E-state index contributed by atoms with van der Waals surface area (Å²) in [5.74, 6) is 3.03. The van der Waals surface area contributed by atoms with Crippen LogP contribution in [0.5, 0.6) is 0 Å². The molecule has 3 aliphatic rings. The van der Waals surface area contributed by atoms with Crippen molar-refractivity contribution < 1.29 is 9.55 Å². The van der Waals surface area contributed by atoms with E-state index < -0.39 is 4.92 Å². The molecule has 30 heavy (non-hydrogen) atoms. The average Bonchev–Trinajstić information content (AvgIpc) is 3.30. The lowest BCUT2D eigenvalue weighted by atomic mass is 9.67. The molecular weight excluding hydrogens is 382 g/mol. The number of hydrogen-bond donors (Lipinski definition) is 1. The van der Waals surface area contributed by atoms with Crippen molar-refractivity contribution in [1.82, 2.24) is 15.2 Å². The summed E-state index contributed by atoms with van der Waals surface area (Å²) in [5.41, 5.74) is 1.36. The van der Waals surface area contributed by atoms with Crippen molar-refractivity contribution in [2.75, 3.05) is 18.9 Å². The molecule has 2 aromatic rings. The molecule has 0 amide bonds.